The lowest BCUT2D eigenvalue weighted by Crippen LogP contribution is -2.12. The molecule has 3 N–H and O–H groups in total. The van der Waals surface area contributed by atoms with Crippen LogP contribution in [0.3, 0.4) is 0 Å². The maximum absolute atomic E-state index is 6.82. The van der Waals surface area contributed by atoms with E-state index in [2.05, 4.69) is 71.0 Å². The number of nitrogens with one attached hydrogen (secondary N) is 1. The molecule has 1 aromatic carbocycles. The quantitative estimate of drug-likeness (QED) is 0.192. The van der Waals surface area contributed by atoms with E-state index in [1.165, 1.54) is 11.1 Å². The van der Waals surface area contributed by atoms with Crippen LogP contribution in [0.2, 0.25) is 0 Å². The Balaban J connectivity index is 1.76. The Morgan fingerprint density at radius 3 is 3.00 bits per heavy atom. The van der Waals surface area contributed by atoms with Crippen molar-refractivity contribution in [3.63, 3.8) is 0 Å². The Morgan fingerprint density at radius 2 is 2.24 bits per heavy atom. The van der Waals surface area contributed by atoms with Crippen LogP contribution < -0.4 is 5.73 Å². The fourth-order valence-corrected chi connectivity index (χ4v) is 3.52. The minimum absolute atomic E-state index is 0.241. The van der Waals surface area contributed by atoms with E-state index in [1.807, 2.05) is 30.4 Å². The number of hydrogen-bond donors (Lipinski definition) is 2. The molecule has 1 atom stereocenters. The standard InChI is InChI=1S/C24H27N5/c1-3-6-20(10-5-9-19-8-4-7-18(2)15-19)17-29-14-13-21-16-22(11-12-23(21)29)24(25)27-28-26/h3-6,8,10-16,18H,1,7,9,17H2,2H3,(H3,25,26,27)/b10-5-,20-6+. The lowest BCUT2D eigenvalue weighted by Gasteiger charge is -2.11. The lowest BCUT2D eigenvalue weighted by molar-refractivity contribution is 0.726. The third-order valence-electron chi connectivity index (χ3n) is 4.93. The highest BCUT2D eigenvalue weighted by molar-refractivity contribution is 6.00. The Morgan fingerprint density at radius 1 is 1.38 bits per heavy atom. The van der Waals surface area contributed by atoms with Crippen molar-refractivity contribution >= 4 is 16.7 Å². The molecule has 0 fully saturated rings. The smallest absolute Gasteiger partial charge is 0.155 e. The van der Waals surface area contributed by atoms with E-state index in [1.54, 1.807) is 0 Å². The van der Waals surface area contributed by atoms with E-state index in [4.69, 9.17) is 11.3 Å². The second-order valence-electron chi connectivity index (χ2n) is 7.24. The molecule has 1 aliphatic rings. The van der Waals surface area contributed by atoms with E-state index in [9.17, 15) is 0 Å². The molecule has 0 saturated heterocycles. The van der Waals surface area contributed by atoms with Crippen LogP contribution in [-0.4, -0.2) is 10.4 Å². The van der Waals surface area contributed by atoms with Gasteiger partial charge < -0.3 is 10.3 Å². The van der Waals surface area contributed by atoms with Gasteiger partial charge in [0.25, 0.3) is 0 Å². The normalized spacial score (nSPS) is 17.7. The molecule has 148 valence electrons. The number of fused-ring (bicyclic) bond motifs is 1. The summed E-state index contributed by atoms with van der Waals surface area (Å²) < 4.78 is 2.20. The number of hydrogen-bond acceptors (Lipinski definition) is 2. The van der Waals surface area contributed by atoms with E-state index in [0.717, 1.165) is 35.9 Å². The molecule has 5 heteroatoms. The molecule has 2 aromatic rings. The van der Waals surface area contributed by atoms with Crippen LogP contribution in [0.5, 0.6) is 0 Å². The first-order chi connectivity index (χ1) is 14.1. The van der Waals surface area contributed by atoms with Crippen LogP contribution in [0.1, 0.15) is 25.3 Å². The monoisotopic (exact) mass is 385 g/mol. The second-order valence-corrected chi connectivity index (χ2v) is 7.24. The average molecular weight is 386 g/mol. The van der Waals surface area contributed by atoms with Gasteiger partial charge in [-0.3, -0.25) is 0 Å². The number of nitrogens with two attached hydrogens (primary N) is 1. The third kappa shape index (κ3) is 5.29. The summed E-state index contributed by atoms with van der Waals surface area (Å²) >= 11 is 0. The van der Waals surface area contributed by atoms with Crippen LogP contribution in [0.4, 0.5) is 0 Å². The molecule has 1 aromatic heterocycles. The topological polar surface area (TPSA) is 79.5 Å². The second kappa shape index (κ2) is 9.64. The number of aromatic nitrogens is 1. The van der Waals surface area contributed by atoms with Gasteiger partial charge in [0.05, 0.1) is 0 Å². The summed E-state index contributed by atoms with van der Waals surface area (Å²) in [7, 11) is 0. The van der Waals surface area contributed by atoms with Crippen molar-refractivity contribution < 1.29 is 0 Å². The summed E-state index contributed by atoms with van der Waals surface area (Å²) in [5.41, 5.74) is 17.1. The summed E-state index contributed by atoms with van der Waals surface area (Å²) in [6.07, 6.45) is 19.2. The highest BCUT2D eigenvalue weighted by atomic mass is 15.3. The number of benzene rings is 1. The predicted octanol–water partition coefficient (Wildman–Crippen LogP) is 5.87. The number of nitrogens with zero attached hydrogens (tertiary/aromatic N) is 3. The highest BCUT2D eigenvalue weighted by Gasteiger charge is 2.06. The fourth-order valence-electron chi connectivity index (χ4n) is 3.52. The maximum Gasteiger partial charge on any atom is 0.155 e. The van der Waals surface area contributed by atoms with Gasteiger partial charge in [0, 0.05) is 29.2 Å². The zero-order valence-electron chi connectivity index (χ0n) is 16.8. The highest BCUT2D eigenvalue weighted by Crippen LogP contribution is 2.21. The van der Waals surface area contributed by atoms with Crippen molar-refractivity contribution in [3.8, 4) is 0 Å². The minimum Gasteiger partial charge on any atom is -0.382 e. The fraction of sp³-hybridized carbons (Fsp3) is 0.208. The zero-order valence-corrected chi connectivity index (χ0v) is 16.8. The van der Waals surface area contributed by atoms with E-state index in [0.29, 0.717) is 5.92 Å². The lowest BCUT2D eigenvalue weighted by atomic mass is 9.96. The summed E-state index contributed by atoms with van der Waals surface area (Å²) in [5.74, 6) is 0.863. The number of allylic oxidation sites excluding steroid dienone is 9. The Bertz CT molecular complexity index is 1050. The Kier molecular flexibility index (Phi) is 6.74. The van der Waals surface area contributed by atoms with E-state index < -0.39 is 0 Å². The van der Waals surface area contributed by atoms with Crippen LogP contribution >= 0.6 is 0 Å². The molecule has 0 amide bonds. The first-order valence-corrected chi connectivity index (χ1v) is 9.75. The van der Waals surface area contributed by atoms with Crippen LogP contribution in [0.15, 0.2) is 101 Å². The molecule has 0 radical (unpaired) electrons. The maximum atomic E-state index is 6.82. The minimum atomic E-state index is 0.241. The molecule has 3 rings (SSSR count). The number of amidine groups is 1. The average Bonchev–Trinajstić information content (AvgIpc) is 3.10. The summed E-state index contributed by atoms with van der Waals surface area (Å²) in [6.45, 7) is 6.86. The summed E-state index contributed by atoms with van der Waals surface area (Å²) in [4.78, 5) is 0. The first-order valence-electron chi connectivity index (χ1n) is 9.75. The zero-order chi connectivity index (χ0) is 20.6. The summed E-state index contributed by atoms with van der Waals surface area (Å²) in [5, 5.41) is 7.67. The van der Waals surface area contributed by atoms with Gasteiger partial charge >= 0.3 is 0 Å². The van der Waals surface area contributed by atoms with Gasteiger partial charge in [0.1, 0.15) is 0 Å². The van der Waals surface area contributed by atoms with Gasteiger partial charge in [-0.25, -0.2) is 0 Å². The van der Waals surface area contributed by atoms with Crippen molar-refractivity contribution in [2.45, 2.75) is 26.3 Å². The van der Waals surface area contributed by atoms with Gasteiger partial charge in [0.2, 0.25) is 0 Å². The van der Waals surface area contributed by atoms with Gasteiger partial charge in [0.15, 0.2) is 5.84 Å². The molecule has 29 heavy (non-hydrogen) atoms. The van der Waals surface area contributed by atoms with Gasteiger partial charge in [-0.2, -0.15) is 5.53 Å². The number of rotatable bonds is 8. The van der Waals surface area contributed by atoms with Crippen molar-refractivity contribution in [3.05, 3.63) is 96.3 Å². The molecule has 0 aliphatic heterocycles. The van der Waals surface area contributed by atoms with Crippen LogP contribution in [-0.2, 0) is 6.54 Å². The molecular weight excluding hydrogens is 358 g/mol. The molecule has 0 spiro atoms. The molecule has 1 unspecified atom stereocenters. The van der Waals surface area contributed by atoms with Crippen molar-refractivity contribution in [1.82, 2.24) is 4.57 Å². The van der Waals surface area contributed by atoms with E-state index >= 15 is 0 Å². The Hall–Kier alpha value is -3.47. The van der Waals surface area contributed by atoms with Crippen LogP contribution in [0.25, 0.3) is 10.9 Å². The van der Waals surface area contributed by atoms with Gasteiger partial charge in [-0.15, -0.1) is 5.10 Å². The molecule has 0 bridgehead atoms. The van der Waals surface area contributed by atoms with Crippen molar-refractivity contribution in [2.75, 3.05) is 0 Å². The Labute approximate surface area is 171 Å². The van der Waals surface area contributed by atoms with E-state index in [-0.39, 0.29) is 5.84 Å². The molecule has 0 saturated carbocycles. The largest absolute Gasteiger partial charge is 0.382 e. The predicted molar refractivity (Wildman–Crippen MR) is 121 cm³/mol. The third-order valence-corrected chi connectivity index (χ3v) is 4.93. The first kappa shape index (κ1) is 20.3. The molecule has 1 heterocycles. The van der Waals surface area contributed by atoms with Gasteiger partial charge in [-0.1, -0.05) is 61.3 Å². The van der Waals surface area contributed by atoms with Gasteiger partial charge in [-0.05, 0) is 54.2 Å². The summed E-state index contributed by atoms with van der Waals surface area (Å²) in [6, 6.07) is 7.94. The molecule has 1 aliphatic carbocycles. The van der Waals surface area contributed by atoms with Crippen molar-refractivity contribution in [1.29, 1.82) is 5.53 Å². The SMILES string of the molecule is C=C/C=C(\C=C/CC1=CC(C)CC=C1)Cn1ccc2cc(C(N)=NN=N)ccc21. The van der Waals surface area contributed by atoms with Crippen LogP contribution in [0, 0.1) is 11.4 Å². The molecular formula is C24H27N5. The van der Waals surface area contributed by atoms with Crippen molar-refractivity contribution in [2.24, 2.45) is 22.0 Å². The molecule has 5 nitrogen and oxygen atoms in total.